The predicted molar refractivity (Wildman–Crippen MR) is 81.6 cm³/mol. The lowest BCUT2D eigenvalue weighted by Crippen LogP contribution is -2.24. The van der Waals surface area contributed by atoms with Gasteiger partial charge < -0.3 is 14.5 Å². The van der Waals surface area contributed by atoms with Gasteiger partial charge >= 0.3 is 0 Å². The predicted octanol–water partition coefficient (Wildman–Crippen LogP) is 1.87. The van der Waals surface area contributed by atoms with Crippen molar-refractivity contribution < 1.29 is 17.6 Å². The minimum Gasteiger partial charge on any atom is -0.447 e. The van der Waals surface area contributed by atoms with Crippen molar-refractivity contribution in [3.63, 3.8) is 0 Å². The number of methoxy groups -OCH3 is 1. The van der Waals surface area contributed by atoms with Crippen molar-refractivity contribution in [1.82, 2.24) is 10.0 Å². The van der Waals surface area contributed by atoms with E-state index in [0.29, 0.717) is 32.0 Å². The molecule has 0 atom stereocenters. The highest BCUT2D eigenvalue weighted by atomic mass is 32.2. The Balaban J connectivity index is 2.39. The molecule has 0 aromatic carbocycles. The molecule has 21 heavy (non-hydrogen) atoms. The van der Waals surface area contributed by atoms with Gasteiger partial charge in [0.2, 0.25) is 5.09 Å². The molecule has 0 bridgehead atoms. The molecule has 0 aliphatic rings. The molecule has 1 rings (SSSR count). The van der Waals surface area contributed by atoms with Crippen LogP contribution in [0.25, 0.3) is 0 Å². The number of unbranched alkanes of at least 4 members (excludes halogenated alkanes) is 3. The van der Waals surface area contributed by atoms with Gasteiger partial charge in [-0.1, -0.05) is 26.2 Å². The number of hydrogen-bond donors (Lipinski definition) is 2. The molecular formula is C14H26N2O4S. The lowest BCUT2D eigenvalue weighted by Gasteiger charge is -2.04. The molecule has 1 aromatic rings. The van der Waals surface area contributed by atoms with Crippen LogP contribution in [-0.4, -0.2) is 35.2 Å². The summed E-state index contributed by atoms with van der Waals surface area (Å²) in [6.45, 7) is 4.34. The average molecular weight is 318 g/mol. The minimum absolute atomic E-state index is 0.0264. The molecule has 0 spiro atoms. The van der Waals surface area contributed by atoms with Crippen molar-refractivity contribution in [1.29, 1.82) is 0 Å². The maximum atomic E-state index is 12.0. The Morgan fingerprint density at radius 2 is 2.00 bits per heavy atom. The molecule has 0 fully saturated rings. The summed E-state index contributed by atoms with van der Waals surface area (Å²) < 4.78 is 36.8. The SMILES string of the molecule is CCCCCCNS(=O)(=O)c1ccc(CNCCOC)o1. The van der Waals surface area contributed by atoms with Gasteiger partial charge in [-0.25, -0.2) is 13.1 Å². The fourth-order valence-corrected chi connectivity index (χ4v) is 2.83. The second-order valence-corrected chi connectivity index (χ2v) is 6.55. The third-order valence-electron chi connectivity index (χ3n) is 3.01. The largest absolute Gasteiger partial charge is 0.447 e. The molecular weight excluding hydrogens is 292 g/mol. The van der Waals surface area contributed by atoms with Gasteiger partial charge in [0.1, 0.15) is 5.76 Å². The van der Waals surface area contributed by atoms with Crippen LogP contribution in [0.5, 0.6) is 0 Å². The fraction of sp³-hybridized carbons (Fsp3) is 0.714. The van der Waals surface area contributed by atoms with Gasteiger partial charge in [0, 0.05) is 20.2 Å². The highest BCUT2D eigenvalue weighted by Crippen LogP contribution is 2.13. The van der Waals surface area contributed by atoms with Crippen LogP contribution in [0.15, 0.2) is 21.6 Å². The smallest absolute Gasteiger partial charge is 0.273 e. The summed E-state index contributed by atoms with van der Waals surface area (Å²) in [5.74, 6) is 0.595. The van der Waals surface area contributed by atoms with Gasteiger partial charge in [0.05, 0.1) is 13.2 Å². The van der Waals surface area contributed by atoms with Gasteiger partial charge in [-0.3, -0.25) is 0 Å². The average Bonchev–Trinajstić information content (AvgIpc) is 2.93. The number of nitrogens with one attached hydrogen (secondary N) is 2. The number of rotatable bonds is 12. The van der Waals surface area contributed by atoms with Gasteiger partial charge in [0.15, 0.2) is 0 Å². The summed E-state index contributed by atoms with van der Waals surface area (Å²) in [6.07, 6.45) is 4.13. The van der Waals surface area contributed by atoms with Crippen LogP contribution in [0, 0.1) is 0 Å². The Labute approximate surface area is 127 Å². The Kier molecular flexibility index (Phi) is 8.60. The van der Waals surface area contributed by atoms with Crippen LogP contribution in [-0.2, 0) is 21.3 Å². The van der Waals surface area contributed by atoms with Crippen LogP contribution in [0.3, 0.4) is 0 Å². The van der Waals surface area contributed by atoms with E-state index in [4.69, 9.17) is 9.15 Å². The standard InChI is InChI=1S/C14H26N2O4S/c1-3-4-5-6-9-16-21(17,18)14-8-7-13(20-14)12-15-10-11-19-2/h7-8,15-16H,3-6,9-12H2,1-2H3. The molecule has 122 valence electrons. The number of ether oxygens (including phenoxy) is 1. The fourth-order valence-electron chi connectivity index (χ4n) is 1.81. The van der Waals surface area contributed by atoms with Gasteiger partial charge in [-0.05, 0) is 18.6 Å². The van der Waals surface area contributed by atoms with E-state index in [1.165, 1.54) is 6.07 Å². The van der Waals surface area contributed by atoms with E-state index >= 15 is 0 Å². The zero-order chi connectivity index (χ0) is 15.6. The van der Waals surface area contributed by atoms with E-state index < -0.39 is 10.0 Å². The van der Waals surface area contributed by atoms with Gasteiger partial charge in [-0.15, -0.1) is 0 Å². The molecule has 0 saturated carbocycles. The molecule has 1 heterocycles. The van der Waals surface area contributed by atoms with Crippen molar-refractivity contribution >= 4 is 10.0 Å². The van der Waals surface area contributed by atoms with Crippen LogP contribution >= 0.6 is 0 Å². The first-order valence-electron chi connectivity index (χ1n) is 7.38. The Morgan fingerprint density at radius 3 is 2.71 bits per heavy atom. The summed E-state index contributed by atoms with van der Waals surface area (Å²) in [5, 5.41) is 3.07. The summed E-state index contributed by atoms with van der Waals surface area (Å²) in [7, 11) is -1.90. The van der Waals surface area contributed by atoms with E-state index in [1.54, 1.807) is 13.2 Å². The van der Waals surface area contributed by atoms with Crippen molar-refractivity contribution in [2.75, 3.05) is 26.8 Å². The summed E-state index contributed by atoms with van der Waals surface area (Å²) in [4.78, 5) is 0. The van der Waals surface area contributed by atoms with Crippen LogP contribution in [0.1, 0.15) is 38.4 Å². The topological polar surface area (TPSA) is 80.6 Å². The van der Waals surface area contributed by atoms with E-state index in [2.05, 4.69) is 17.0 Å². The molecule has 0 aliphatic heterocycles. The Bertz CT molecular complexity index is 485. The second kappa shape index (κ2) is 9.94. The maximum absolute atomic E-state index is 12.0. The minimum atomic E-state index is -3.53. The molecule has 2 N–H and O–H groups in total. The maximum Gasteiger partial charge on any atom is 0.273 e. The van der Waals surface area contributed by atoms with E-state index in [-0.39, 0.29) is 5.09 Å². The first-order chi connectivity index (χ1) is 10.1. The second-order valence-electron chi connectivity index (χ2n) is 4.85. The van der Waals surface area contributed by atoms with Gasteiger partial charge in [0.25, 0.3) is 10.0 Å². The molecule has 0 saturated heterocycles. The summed E-state index contributed by atoms with van der Waals surface area (Å²) in [6, 6.07) is 3.16. The molecule has 6 nitrogen and oxygen atoms in total. The molecule has 0 amide bonds. The zero-order valence-electron chi connectivity index (χ0n) is 12.9. The molecule has 7 heteroatoms. The highest BCUT2D eigenvalue weighted by molar-refractivity contribution is 7.89. The van der Waals surface area contributed by atoms with E-state index in [0.717, 1.165) is 25.7 Å². The molecule has 0 aliphatic carbocycles. The van der Waals surface area contributed by atoms with E-state index in [1.807, 2.05) is 0 Å². The van der Waals surface area contributed by atoms with Crippen molar-refractivity contribution in [3.05, 3.63) is 17.9 Å². The van der Waals surface area contributed by atoms with Crippen molar-refractivity contribution in [2.45, 2.75) is 44.2 Å². The van der Waals surface area contributed by atoms with Crippen LogP contribution in [0.2, 0.25) is 0 Å². The Hall–Kier alpha value is -0.890. The lowest BCUT2D eigenvalue weighted by molar-refractivity contribution is 0.198. The molecule has 1 aromatic heterocycles. The molecule has 0 radical (unpaired) electrons. The quantitative estimate of drug-likeness (QED) is 0.575. The normalized spacial score (nSPS) is 11.9. The third kappa shape index (κ3) is 7.08. The van der Waals surface area contributed by atoms with Gasteiger partial charge in [-0.2, -0.15) is 0 Å². The van der Waals surface area contributed by atoms with Crippen molar-refractivity contribution in [2.24, 2.45) is 0 Å². The van der Waals surface area contributed by atoms with E-state index in [9.17, 15) is 8.42 Å². The summed E-state index contributed by atoms with van der Waals surface area (Å²) in [5.41, 5.74) is 0. The lowest BCUT2D eigenvalue weighted by atomic mass is 10.2. The first-order valence-corrected chi connectivity index (χ1v) is 8.86. The zero-order valence-corrected chi connectivity index (χ0v) is 13.7. The summed E-state index contributed by atoms with van der Waals surface area (Å²) >= 11 is 0. The molecule has 0 unspecified atom stereocenters. The number of hydrogen-bond acceptors (Lipinski definition) is 5. The number of sulfonamides is 1. The number of furan rings is 1. The van der Waals surface area contributed by atoms with Crippen LogP contribution < -0.4 is 10.0 Å². The van der Waals surface area contributed by atoms with Crippen molar-refractivity contribution in [3.8, 4) is 0 Å². The highest BCUT2D eigenvalue weighted by Gasteiger charge is 2.17. The monoisotopic (exact) mass is 318 g/mol. The Morgan fingerprint density at radius 1 is 1.19 bits per heavy atom. The third-order valence-corrected chi connectivity index (χ3v) is 4.34. The first kappa shape index (κ1) is 18.2. The van der Waals surface area contributed by atoms with Crippen LogP contribution in [0.4, 0.5) is 0 Å².